The van der Waals surface area contributed by atoms with E-state index in [1.165, 1.54) is 20.2 Å². The van der Waals surface area contributed by atoms with Gasteiger partial charge in [0.05, 0.1) is 17.9 Å². The van der Waals surface area contributed by atoms with Crippen LogP contribution in [0.5, 0.6) is 0 Å². The van der Waals surface area contributed by atoms with Gasteiger partial charge in [-0.2, -0.15) is 9.61 Å². The molecule has 1 aliphatic rings. The largest absolute Gasteiger partial charge is 0.443 e. The lowest BCUT2D eigenvalue weighted by Crippen LogP contribution is -2.35. The molecule has 208 valence electrons. The zero-order valence-electron chi connectivity index (χ0n) is 22.8. The van der Waals surface area contributed by atoms with Crippen LogP contribution in [0.15, 0.2) is 59.8 Å². The molecule has 1 atom stereocenters. The van der Waals surface area contributed by atoms with Crippen molar-refractivity contribution in [1.82, 2.24) is 24.1 Å². The van der Waals surface area contributed by atoms with Crippen molar-refractivity contribution in [1.29, 1.82) is 0 Å². The fourth-order valence-electron chi connectivity index (χ4n) is 4.40. The summed E-state index contributed by atoms with van der Waals surface area (Å²) in [5, 5.41) is 7.43. The van der Waals surface area contributed by atoms with Crippen LogP contribution in [0.1, 0.15) is 50.4 Å². The van der Waals surface area contributed by atoms with Crippen molar-refractivity contribution < 1.29 is 19.1 Å². The summed E-state index contributed by atoms with van der Waals surface area (Å²) in [5.74, 6) is 0.816. The van der Waals surface area contributed by atoms with Gasteiger partial charge in [-0.05, 0) is 57.9 Å². The molecule has 12 heteroatoms. The highest BCUT2D eigenvalue weighted by molar-refractivity contribution is 6.02. The van der Waals surface area contributed by atoms with E-state index in [9.17, 15) is 14.4 Å². The van der Waals surface area contributed by atoms with Gasteiger partial charge in [0, 0.05) is 38.5 Å². The Morgan fingerprint density at radius 2 is 2.05 bits per heavy atom. The zero-order valence-corrected chi connectivity index (χ0v) is 22.8. The van der Waals surface area contributed by atoms with E-state index in [0.29, 0.717) is 18.2 Å². The normalized spacial score (nSPS) is 15.2. The Kier molecular flexibility index (Phi) is 7.35. The number of ether oxygens (including phenoxy) is 2. The summed E-state index contributed by atoms with van der Waals surface area (Å²) in [4.78, 5) is 49.7. The number of ketones is 1. The molecule has 12 nitrogen and oxygen atoms in total. The summed E-state index contributed by atoms with van der Waals surface area (Å²) in [5.41, 5.74) is -0.335. The molecule has 0 aliphatic carbocycles. The van der Waals surface area contributed by atoms with Gasteiger partial charge >= 0.3 is 6.09 Å². The molecule has 0 radical (unpaired) electrons. The number of hydrogen-bond donors (Lipinski definition) is 1. The van der Waals surface area contributed by atoms with Crippen LogP contribution in [0, 0.1) is 0 Å². The van der Waals surface area contributed by atoms with E-state index in [1.54, 1.807) is 76.6 Å². The van der Waals surface area contributed by atoms with E-state index in [-0.39, 0.29) is 46.6 Å². The summed E-state index contributed by atoms with van der Waals surface area (Å²) in [6.07, 6.45) is 5.81. The first-order valence-electron chi connectivity index (χ1n) is 13.0. The lowest BCUT2D eigenvalue weighted by Gasteiger charge is -2.25. The third-order valence-corrected chi connectivity index (χ3v) is 6.31. The Labute approximate surface area is 230 Å². The van der Waals surface area contributed by atoms with Crippen LogP contribution in [0.2, 0.25) is 0 Å². The summed E-state index contributed by atoms with van der Waals surface area (Å²) >= 11 is 0. The van der Waals surface area contributed by atoms with Crippen molar-refractivity contribution >= 4 is 34.8 Å². The number of carbonyl (C=O) groups excluding carboxylic acids is 2. The maximum absolute atomic E-state index is 13.3. The Hall–Kier alpha value is -4.58. The number of rotatable bonds is 7. The molecule has 1 aliphatic heterocycles. The first-order valence-corrected chi connectivity index (χ1v) is 13.0. The summed E-state index contributed by atoms with van der Waals surface area (Å²) in [7, 11) is 1.54. The van der Waals surface area contributed by atoms with Gasteiger partial charge in [0.25, 0.3) is 5.56 Å². The van der Waals surface area contributed by atoms with E-state index in [1.807, 2.05) is 0 Å². The SMILES string of the molecule is CN(C(=O)OC(C)(C)C)c1cc(Nc2cccn(-c3ccccn3)c2=O)nc2c(C(=O)CC3CCCO3)cnn12. The quantitative estimate of drug-likeness (QED) is 0.340. The third kappa shape index (κ3) is 5.71. The third-order valence-electron chi connectivity index (χ3n) is 6.31. The topological polar surface area (TPSA) is 133 Å². The van der Waals surface area contributed by atoms with E-state index in [2.05, 4.69) is 20.4 Å². The van der Waals surface area contributed by atoms with E-state index >= 15 is 0 Å². The van der Waals surface area contributed by atoms with Crippen molar-refractivity contribution in [2.75, 3.05) is 23.9 Å². The number of fused-ring (bicyclic) bond motifs is 1. The number of carbonyl (C=O) groups is 2. The first-order chi connectivity index (χ1) is 19.1. The highest BCUT2D eigenvalue weighted by Crippen LogP contribution is 2.26. The Morgan fingerprint density at radius 3 is 2.75 bits per heavy atom. The molecular formula is C28H31N7O5. The van der Waals surface area contributed by atoms with Gasteiger partial charge in [-0.15, -0.1) is 0 Å². The van der Waals surface area contributed by atoms with Gasteiger partial charge < -0.3 is 14.8 Å². The molecule has 5 rings (SSSR count). The van der Waals surface area contributed by atoms with Gasteiger partial charge in [-0.1, -0.05) is 6.07 Å². The highest BCUT2D eigenvalue weighted by atomic mass is 16.6. The molecule has 4 aromatic rings. The molecule has 1 amide bonds. The minimum Gasteiger partial charge on any atom is -0.443 e. The summed E-state index contributed by atoms with van der Waals surface area (Å²) in [6, 6.07) is 10.2. The number of nitrogens with one attached hydrogen (secondary N) is 1. The molecule has 0 saturated carbocycles. The van der Waals surface area contributed by atoms with Crippen LogP contribution < -0.4 is 15.8 Å². The number of anilines is 3. The number of pyridine rings is 2. The van der Waals surface area contributed by atoms with Crippen LogP contribution in [0.3, 0.4) is 0 Å². The molecule has 1 saturated heterocycles. The van der Waals surface area contributed by atoms with Crippen LogP contribution >= 0.6 is 0 Å². The predicted octanol–water partition coefficient (Wildman–Crippen LogP) is 4.14. The van der Waals surface area contributed by atoms with Gasteiger partial charge in [0.2, 0.25) is 0 Å². The van der Waals surface area contributed by atoms with E-state index in [4.69, 9.17) is 9.47 Å². The highest BCUT2D eigenvalue weighted by Gasteiger charge is 2.27. The smallest absolute Gasteiger partial charge is 0.415 e. The Bertz CT molecular complexity index is 1600. The van der Waals surface area contributed by atoms with Crippen LogP contribution in [-0.2, 0) is 9.47 Å². The van der Waals surface area contributed by atoms with Crippen molar-refractivity contribution in [3.05, 3.63) is 70.9 Å². The van der Waals surface area contributed by atoms with Gasteiger partial charge in [0.1, 0.15) is 28.7 Å². The molecule has 5 heterocycles. The van der Waals surface area contributed by atoms with Crippen molar-refractivity contribution in [3.8, 4) is 5.82 Å². The minimum atomic E-state index is -0.730. The van der Waals surface area contributed by atoms with Crippen molar-refractivity contribution in [2.45, 2.75) is 51.7 Å². The maximum atomic E-state index is 13.3. The molecular weight excluding hydrogens is 514 g/mol. The van der Waals surface area contributed by atoms with E-state index in [0.717, 1.165) is 12.8 Å². The summed E-state index contributed by atoms with van der Waals surface area (Å²) < 4.78 is 14.0. The molecule has 0 bridgehead atoms. The Balaban J connectivity index is 1.56. The fourth-order valence-corrected chi connectivity index (χ4v) is 4.40. The van der Waals surface area contributed by atoms with Crippen molar-refractivity contribution in [3.63, 3.8) is 0 Å². The zero-order chi connectivity index (χ0) is 28.4. The van der Waals surface area contributed by atoms with Gasteiger partial charge in [-0.25, -0.2) is 14.8 Å². The standard InChI is InChI=1S/C28H31N7O5/c1-28(2,3)40-27(38)33(4)24-16-22(31-20-10-7-13-34(26(20)37)23-11-5-6-12-29-23)32-25-19(17-30-35(24)25)21(36)15-18-9-8-14-39-18/h5-7,10-13,16-18H,8-9,14-15H2,1-4H3,(H,31,32). The number of amides is 1. The molecule has 0 spiro atoms. The van der Waals surface area contributed by atoms with Crippen LogP contribution in [0.4, 0.5) is 22.1 Å². The van der Waals surface area contributed by atoms with E-state index < -0.39 is 11.7 Å². The van der Waals surface area contributed by atoms with Crippen LogP contribution in [0.25, 0.3) is 11.5 Å². The molecule has 1 fully saturated rings. The Morgan fingerprint density at radius 1 is 1.23 bits per heavy atom. The number of aromatic nitrogens is 5. The second-order valence-corrected chi connectivity index (χ2v) is 10.5. The second kappa shape index (κ2) is 10.9. The lowest BCUT2D eigenvalue weighted by atomic mass is 10.1. The monoisotopic (exact) mass is 545 g/mol. The number of hydrogen-bond acceptors (Lipinski definition) is 9. The average Bonchev–Trinajstić information content (AvgIpc) is 3.58. The predicted molar refractivity (Wildman–Crippen MR) is 149 cm³/mol. The average molecular weight is 546 g/mol. The van der Waals surface area contributed by atoms with Gasteiger partial charge in [0.15, 0.2) is 11.4 Å². The molecule has 1 unspecified atom stereocenters. The molecule has 1 N–H and O–H groups in total. The lowest BCUT2D eigenvalue weighted by molar-refractivity contribution is 0.0587. The molecule has 4 aromatic heterocycles. The maximum Gasteiger partial charge on any atom is 0.415 e. The van der Waals surface area contributed by atoms with Gasteiger partial charge in [-0.3, -0.25) is 19.1 Å². The first kappa shape index (κ1) is 27.0. The minimum absolute atomic E-state index is 0.151. The van der Waals surface area contributed by atoms with Crippen LogP contribution in [-0.4, -0.2) is 61.4 Å². The number of nitrogens with zero attached hydrogens (tertiary/aromatic N) is 6. The number of Topliss-reactive ketones (excluding diaryl/α,β-unsaturated/α-hetero) is 1. The fraction of sp³-hybridized carbons (Fsp3) is 0.357. The second-order valence-electron chi connectivity index (χ2n) is 10.5. The summed E-state index contributed by atoms with van der Waals surface area (Å²) in [6.45, 7) is 5.94. The molecule has 40 heavy (non-hydrogen) atoms. The van der Waals surface area contributed by atoms with Crippen molar-refractivity contribution in [2.24, 2.45) is 0 Å². The molecule has 0 aromatic carbocycles.